The summed E-state index contributed by atoms with van der Waals surface area (Å²) in [6.07, 6.45) is 25.0. The summed E-state index contributed by atoms with van der Waals surface area (Å²) in [5, 5.41) is 8.57. The van der Waals surface area contributed by atoms with Crippen LogP contribution in [-0.2, 0) is 9.59 Å². The van der Waals surface area contributed by atoms with Gasteiger partial charge in [-0.3, -0.25) is 9.59 Å². The molecule has 0 saturated carbocycles. The first-order valence-corrected chi connectivity index (χ1v) is 11.6. The number of primary amides is 1. The molecule has 0 aromatic carbocycles. The fourth-order valence-corrected chi connectivity index (χ4v) is 3.58. The summed E-state index contributed by atoms with van der Waals surface area (Å²) < 4.78 is 0. The maximum Gasteiger partial charge on any atom is 0.303 e. The van der Waals surface area contributed by atoms with Gasteiger partial charge in [-0.15, -0.1) is 0 Å². The summed E-state index contributed by atoms with van der Waals surface area (Å²) in [5.74, 6) is -0.830. The predicted molar refractivity (Wildman–Crippen MR) is 114 cm³/mol. The summed E-state index contributed by atoms with van der Waals surface area (Å²) in [4.78, 5) is 21.0. The molecule has 0 aromatic heterocycles. The molecule has 0 aliphatic rings. The van der Waals surface area contributed by atoms with Crippen LogP contribution in [0, 0.1) is 0 Å². The molecule has 0 aliphatic heterocycles. The average molecular weight is 384 g/mol. The predicted octanol–water partition coefficient (Wildman–Crippen LogP) is 6.75. The van der Waals surface area contributed by atoms with Crippen LogP contribution in [0.3, 0.4) is 0 Å². The zero-order valence-electron chi connectivity index (χ0n) is 17.7. The van der Waals surface area contributed by atoms with Crippen molar-refractivity contribution in [2.24, 2.45) is 5.73 Å². The van der Waals surface area contributed by atoms with Gasteiger partial charge in [0, 0.05) is 12.8 Å². The molecular formula is C23H45NO3. The summed E-state index contributed by atoms with van der Waals surface area (Å²) in [6, 6.07) is 0. The number of carbonyl (C=O) groups is 2. The molecule has 0 aliphatic carbocycles. The molecule has 0 radical (unpaired) electrons. The molecule has 0 bridgehead atoms. The molecule has 0 aromatic rings. The number of carboxylic acid groups (broad SMARTS) is 1. The van der Waals surface area contributed by atoms with E-state index < -0.39 is 5.97 Å². The molecular weight excluding hydrogens is 338 g/mol. The molecule has 27 heavy (non-hydrogen) atoms. The molecule has 0 rings (SSSR count). The minimum Gasteiger partial charge on any atom is -0.481 e. The smallest absolute Gasteiger partial charge is 0.303 e. The lowest BCUT2D eigenvalue weighted by Gasteiger charge is -2.04. The first kappa shape index (κ1) is 25.9. The Morgan fingerprint density at radius 3 is 0.889 bits per heavy atom. The van der Waals surface area contributed by atoms with E-state index >= 15 is 0 Å². The summed E-state index contributed by atoms with van der Waals surface area (Å²) in [6.45, 7) is 0. The van der Waals surface area contributed by atoms with Gasteiger partial charge in [0.05, 0.1) is 0 Å². The van der Waals surface area contributed by atoms with Crippen molar-refractivity contribution >= 4 is 11.9 Å². The van der Waals surface area contributed by atoms with Crippen LogP contribution in [0.1, 0.15) is 135 Å². The van der Waals surface area contributed by atoms with Gasteiger partial charge in [0.15, 0.2) is 0 Å². The molecule has 0 atom stereocenters. The molecule has 0 unspecified atom stereocenters. The quantitative estimate of drug-likeness (QED) is 0.203. The van der Waals surface area contributed by atoms with E-state index in [0.717, 1.165) is 25.7 Å². The van der Waals surface area contributed by atoms with Gasteiger partial charge in [-0.2, -0.15) is 0 Å². The molecule has 0 saturated heterocycles. The Bertz CT molecular complexity index is 313. The van der Waals surface area contributed by atoms with Gasteiger partial charge in [0.1, 0.15) is 0 Å². The van der Waals surface area contributed by atoms with Crippen molar-refractivity contribution in [1.29, 1.82) is 0 Å². The van der Waals surface area contributed by atoms with Crippen molar-refractivity contribution in [3.05, 3.63) is 0 Å². The number of carbonyl (C=O) groups excluding carboxylic acids is 1. The molecule has 160 valence electrons. The van der Waals surface area contributed by atoms with Crippen molar-refractivity contribution in [1.82, 2.24) is 0 Å². The van der Waals surface area contributed by atoms with Crippen LogP contribution in [0.5, 0.6) is 0 Å². The number of hydrogen-bond acceptors (Lipinski definition) is 2. The zero-order chi connectivity index (χ0) is 20.0. The SMILES string of the molecule is NC(=O)CCCCCCCCCCCCCCCCCCCCCC(=O)O. The number of rotatable bonds is 22. The molecule has 1 amide bonds. The van der Waals surface area contributed by atoms with E-state index in [1.165, 1.54) is 96.3 Å². The second-order valence-electron chi connectivity index (χ2n) is 8.08. The monoisotopic (exact) mass is 383 g/mol. The summed E-state index contributed by atoms with van der Waals surface area (Å²) >= 11 is 0. The zero-order valence-corrected chi connectivity index (χ0v) is 17.7. The highest BCUT2D eigenvalue weighted by Crippen LogP contribution is 2.15. The van der Waals surface area contributed by atoms with E-state index in [4.69, 9.17) is 10.8 Å². The molecule has 0 spiro atoms. The fraction of sp³-hybridized carbons (Fsp3) is 0.913. The van der Waals surface area contributed by atoms with E-state index in [-0.39, 0.29) is 5.91 Å². The summed E-state index contributed by atoms with van der Waals surface area (Å²) in [7, 11) is 0. The normalized spacial score (nSPS) is 11.0. The van der Waals surface area contributed by atoms with Gasteiger partial charge in [-0.05, 0) is 12.8 Å². The second-order valence-corrected chi connectivity index (χ2v) is 8.08. The minimum atomic E-state index is -0.663. The van der Waals surface area contributed by atoms with Crippen LogP contribution >= 0.6 is 0 Å². The van der Waals surface area contributed by atoms with Crippen LogP contribution in [0.15, 0.2) is 0 Å². The number of unbranched alkanes of at least 4 members (excludes halogenated alkanes) is 18. The minimum absolute atomic E-state index is 0.167. The molecule has 0 heterocycles. The third kappa shape index (κ3) is 24.9. The van der Waals surface area contributed by atoms with E-state index in [9.17, 15) is 9.59 Å². The second kappa shape index (κ2) is 21.2. The lowest BCUT2D eigenvalue weighted by molar-refractivity contribution is -0.137. The number of aliphatic carboxylic acids is 1. The Labute approximate surface area is 167 Å². The molecule has 4 heteroatoms. The fourth-order valence-electron chi connectivity index (χ4n) is 3.58. The van der Waals surface area contributed by atoms with E-state index in [1.807, 2.05) is 0 Å². The first-order chi connectivity index (χ1) is 13.1. The van der Waals surface area contributed by atoms with Crippen molar-refractivity contribution in [2.45, 2.75) is 135 Å². The largest absolute Gasteiger partial charge is 0.481 e. The van der Waals surface area contributed by atoms with Gasteiger partial charge in [0.2, 0.25) is 5.91 Å². The molecule has 3 N–H and O–H groups in total. The van der Waals surface area contributed by atoms with E-state index in [2.05, 4.69) is 0 Å². The Morgan fingerprint density at radius 1 is 0.444 bits per heavy atom. The number of amides is 1. The number of hydrogen-bond donors (Lipinski definition) is 2. The van der Waals surface area contributed by atoms with Crippen molar-refractivity contribution in [3.63, 3.8) is 0 Å². The van der Waals surface area contributed by atoms with Crippen LogP contribution < -0.4 is 5.73 Å². The topological polar surface area (TPSA) is 80.4 Å². The highest BCUT2D eigenvalue weighted by molar-refractivity contribution is 5.73. The third-order valence-electron chi connectivity index (χ3n) is 5.31. The molecule has 4 nitrogen and oxygen atoms in total. The van der Waals surface area contributed by atoms with Crippen LogP contribution in [-0.4, -0.2) is 17.0 Å². The van der Waals surface area contributed by atoms with E-state index in [1.54, 1.807) is 0 Å². The molecule has 0 fully saturated rings. The third-order valence-corrected chi connectivity index (χ3v) is 5.31. The van der Waals surface area contributed by atoms with Crippen molar-refractivity contribution < 1.29 is 14.7 Å². The van der Waals surface area contributed by atoms with Crippen LogP contribution in [0.2, 0.25) is 0 Å². The highest BCUT2D eigenvalue weighted by Gasteiger charge is 1.98. The number of carboxylic acids is 1. The van der Waals surface area contributed by atoms with Crippen molar-refractivity contribution in [3.8, 4) is 0 Å². The van der Waals surface area contributed by atoms with Gasteiger partial charge < -0.3 is 10.8 Å². The van der Waals surface area contributed by atoms with Crippen LogP contribution in [0.25, 0.3) is 0 Å². The maximum absolute atomic E-state index is 10.6. The standard InChI is InChI=1S/C23H45NO3/c24-22(25)20-18-16-14-12-10-8-6-4-2-1-3-5-7-9-11-13-15-17-19-21-23(26)27/h1-21H2,(H2,24,25)(H,26,27). The van der Waals surface area contributed by atoms with Gasteiger partial charge >= 0.3 is 5.97 Å². The Kier molecular flexibility index (Phi) is 20.4. The van der Waals surface area contributed by atoms with Gasteiger partial charge in [-0.25, -0.2) is 0 Å². The van der Waals surface area contributed by atoms with E-state index in [0.29, 0.717) is 12.8 Å². The average Bonchev–Trinajstić information content (AvgIpc) is 2.62. The van der Waals surface area contributed by atoms with Gasteiger partial charge in [0.25, 0.3) is 0 Å². The van der Waals surface area contributed by atoms with Crippen molar-refractivity contribution in [2.75, 3.05) is 0 Å². The van der Waals surface area contributed by atoms with Gasteiger partial charge in [-0.1, -0.05) is 109 Å². The Morgan fingerprint density at radius 2 is 0.667 bits per heavy atom. The Balaban J connectivity index is 3.01. The highest BCUT2D eigenvalue weighted by atomic mass is 16.4. The van der Waals surface area contributed by atoms with Crippen LogP contribution in [0.4, 0.5) is 0 Å². The lowest BCUT2D eigenvalue weighted by Crippen LogP contribution is -2.09. The summed E-state index contributed by atoms with van der Waals surface area (Å²) in [5.41, 5.74) is 5.13. The number of nitrogens with two attached hydrogens (primary N) is 1. The first-order valence-electron chi connectivity index (χ1n) is 11.6. The Hall–Kier alpha value is -1.06. The lowest BCUT2D eigenvalue weighted by atomic mass is 10.0. The maximum atomic E-state index is 10.6.